The molecule has 1 N–H and O–H groups in total. The number of hydrogen-bond acceptors (Lipinski definition) is 7. The third-order valence-corrected chi connectivity index (χ3v) is 7.53. The molecule has 2 aliphatic rings. The molecule has 0 radical (unpaired) electrons. The average Bonchev–Trinajstić information content (AvgIpc) is 3.75. The molecule has 0 spiro atoms. The number of phenolic OH excluding ortho intramolecular Hbond substituents is 1. The van der Waals surface area contributed by atoms with Crippen molar-refractivity contribution >= 4 is 12.1 Å². The summed E-state index contributed by atoms with van der Waals surface area (Å²) in [5.74, 6) is 0.884. The highest BCUT2D eigenvalue weighted by Crippen LogP contribution is 2.29. The van der Waals surface area contributed by atoms with E-state index in [2.05, 4.69) is 5.16 Å². The summed E-state index contributed by atoms with van der Waals surface area (Å²) >= 11 is 0. The molecule has 2 aromatic carbocycles. The first kappa shape index (κ1) is 28.2. The summed E-state index contributed by atoms with van der Waals surface area (Å²) in [6.07, 6.45) is 8.44. The second-order valence-electron chi connectivity index (χ2n) is 10.3. The van der Waals surface area contributed by atoms with Crippen molar-refractivity contribution in [2.24, 2.45) is 5.92 Å². The van der Waals surface area contributed by atoms with E-state index in [4.69, 9.17) is 14.0 Å². The van der Waals surface area contributed by atoms with Crippen LogP contribution in [-0.2, 0) is 27.5 Å². The fraction of sp³-hybridized carbons (Fsp3) is 0.452. The molecule has 0 aliphatic heterocycles. The molecule has 3 aromatic rings. The zero-order valence-electron chi connectivity index (χ0n) is 22.8. The van der Waals surface area contributed by atoms with Gasteiger partial charge in [-0.2, -0.15) is 0 Å². The Kier molecular flexibility index (Phi) is 10.00. The Bertz CT molecular complexity index is 1200. The van der Waals surface area contributed by atoms with E-state index in [0.29, 0.717) is 18.1 Å². The first-order valence-electron chi connectivity index (χ1n) is 13.8. The van der Waals surface area contributed by atoms with Crippen molar-refractivity contribution in [3.63, 3.8) is 0 Å². The van der Waals surface area contributed by atoms with Crippen molar-refractivity contribution in [2.75, 3.05) is 7.05 Å². The van der Waals surface area contributed by atoms with E-state index in [9.17, 15) is 14.7 Å². The molecule has 0 atom stereocenters. The molecular formula is C31H38N2O6. The van der Waals surface area contributed by atoms with Crippen LogP contribution in [0.1, 0.15) is 68.2 Å². The van der Waals surface area contributed by atoms with Gasteiger partial charge in [0.2, 0.25) is 0 Å². The molecule has 8 nitrogen and oxygen atoms in total. The minimum atomic E-state index is -0.320. The number of hydrogen-bond donors (Lipinski definition) is 1. The highest BCUT2D eigenvalue weighted by molar-refractivity contribution is 5.72. The van der Waals surface area contributed by atoms with Gasteiger partial charge >= 0.3 is 12.1 Å². The number of carbonyl (C=O) groups is 2. The van der Waals surface area contributed by atoms with Crippen LogP contribution in [0.2, 0.25) is 0 Å². The molecule has 5 rings (SSSR count). The Balaban J connectivity index is 0.000000202. The topological polar surface area (TPSA) is 102 Å². The number of aromatic nitrogens is 1. The number of aryl methyl sites for hydroxylation is 1. The third kappa shape index (κ3) is 7.85. The van der Waals surface area contributed by atoms with Gasteiger partial charge in [-0.15, -0.1) is 0 Å². The Hall–Kier alpha value is -3.81. The lowest BCUT2D eigenvalue weighted by atomic mass is 10.1. The van der Waals surface area contributed by atoms with Crippen LogP contribution in [-0.4, -0.2) is 40.3 Å². The molecule has 2 saturated carbocycles. The van der Waals surface area contributed by atoms with E-state index in [1.807, 2.05) is 37.3 Å². The minimum absolute atomic E-state index is 0.0173. The van der Waals surface area contributed by atoms with Gasteiger partial charge in [-0.3, -0.25) is 4.79 Å². The fourth-order valence-electron chi connectivity index (χ4n) is 5.08. The lowest BCUT2D eigenvalue weighted by Crippen LogP contribution is -2.35. The number of amides is 1. The number of rotatable bonds is 7. The monoisotopic (exact) mass is 534 g/mol. The van der Waals surface area contributed by atoms with Crippen LogP contribution >= 0.6 is 0 Å². The molecule has 2 fully saturated rings. The molecule has 2 aliphatic carbocycles. The van der Waals surface area contributed by atoms with Crippen LogP contribution in [0.15, 0.2) is 59.1 Å². The van der Waals surface area contributed by atoms with Gasteiger partial charge in [-0.25, -0.2) is 4.79 Å². The number of phenols is 1. The normalized spacial score (nSPS) is 15.4. The van der Waals surface area contributed by atoms with Gasteiger partial charge in [0.05, 0.1) is 17.2 Å². The van der Waals surface area contributed by atoms with Crippen LogP contribution in [0.5, 0.6) is 5.75 Å². The third-order valence-electron chi connectivity index (χ3n) is 7.53. The zero-order chi connectivity index (χ0) is 27.6. The van der Waals surface area contributed by atoms with E-state index in [0.717, 1.165) is 55.2 Å². The summed E-state index contributed by atoms with van der Waals surface area (Å²) in [7, 11) is 1.79. The first-order valence-corrected chi connectivity index (χ1v) is 13.8. The molecule has 1 aromatic heterocycles. The maximum absolute atomic E-state index is 12.2. The highest BCUT2D eigenvalue weighted by Gasteiger charge is 2.26. The number of nitrogens with zero attached hydrogens (tertiary/aromatic N) is 2. The number of esters is 1. The van der Waals surface area contributed by atoms with Crippen LogP contribution in [0.4, 0.5) is 4.79 Å². The molecule has 208 valence electrons. The Morgan fingerprint density at radius 3 is 2.23 bits per heavy atom. The summed E-state index contributed by atoms with van der Waals surface area (Å²) in [4.78, 5) is 25.5. The summed E-state index contributed by atoms with van der Waals surface area (Å²) in [6, 6.07) is 16.7. The Morgan fingerprint density at radius 1 is 0.923 bits per heavy atom. The van der Waals surface area contributed by atoms with Crippen molar-refractivity contribution in [1.29, 1.82) is 0 Å². The van der Waals surface area contributed by atoms with Crippen molar-refractivity contribution in [3.8, 4) is 17.1 Å². The van der Waals surface area contributed by atoms with E-state index in [-0.39, 0.29) is 36.4 Å². The summed E-state index contributed by atoms with van der Waals surface area (Å²) < 4.78 is 16.1. The number of carbonyl (C=O) groups excluding carboxylic acids is 2. The van der Waals surface area contributed by atoms with Gasteiger partial charge in [0.1, 0.15) is 19.0 Å². The molecule has 0 saturated heterocycles. The summed E-state index contributed by atoms with van der Waals surface area (Å²) in [6.45, 7) is 2.34. The first-order chi connectivity index (χ1) is 18.9. The maximum atomic E-state index is 12.2. The molecule has 8 heteroatoms. The average molecular weight is 535 g/mol. The Morgan fingerprint density at radius 2 is 1.56 bits per heavy atom. The van der Waals surface area contributed by atoms with Crippen molar-refractivity contribution in [1.82, 2.24) is 10.1 Å². The van der Waals surface area contributed by atoms with Gasteiger partial charge in [0, 0.05) is 18.7 Å². The van der Waals surface area contributed by atoms with Gasteiger partial charge in [0.25, 0.3) is 0 Å². The number of aromatic hydroxyl groups is 1. The van der Waals surface area contributed by atoms with Gasteiger partial charge < -0.3 is 24.0 Å². The van der Waals surface area contributed by atoms with E-state index in [1.165, 1.54) is 12.8 Å². The van der Waals surface area contributed by atoms with Crippen molar-refractivity contribution in [3.05, 3.63) is 71.4 Å². The Labute approximate surface area is 229 Å². The number of benzene rings is 2. The van der Waals surface area contributed by atoms with E-state index in [1.54, 1.807) is 36.2 Å². The molecular weight excluding hydrogens is 496 g/mol. The molecule has 0 bridgehead atoms. The molecule has 1 amide bonds. The van der Waals surface area contributed by atoms with Crippen LogP contribution in [0, 0.1) is 12.8 Å². The predicted octanol–water partition coefficient (Wildman–Crippen LogP) is 6.79. The van der Waals surface area contributed by atoms with Gasteiger partial charge in [-0.05, 0) is 62.4 Å². The molecule has 39 heavy (non-hydrogen) atoms. The lowest BCUT2D eigenvalue weighted by molar-refractivity contribution is -0.149. The second-order valence-corrected chi connectivity index (χ2v) is 10.3. The number of ether oxygens (including phenoxy) is 2. The second kappa shape index (κ2) is 13.8. The van der Waals surface area contributed by atoms with Gasteiger partial charge in [-0.1, -0.05) is 61.2 Å². The highest BCUT2D eigenvalue weighted by atomic mass is 16.6. The maximum Gasteiger partial charge on any atom is 0.410 e. The van der Waals surface area contributed by atoms with Gasteiger partial charge in [0.15, 0.2) is 5.76 Å². The fourth-order valence-corrected chi connectivity index (χ4v) is 5.08. The molecule has 0 unspecified atom stereocenters. The zero-order valence-corrected chi connectivity index (χ0v) is 22.8. The smallest absolute Gasteiger partial charge is 0.410 e. The van der Waals surface area contributed by atoms with E-state index < -0.39 is 0 Å². The summed E-state index contributed by atoms with van der Waals surface area (Å²) in [5, 5.41) is 13.4. The summed E-state index contributed by atoms with van der Waals surface area (Å²) in [5.41, 5.74) is 3.27. The van der Waals surface area contributed by atoms with Crippen molar-refractivity contribution in [2.45, 2.75) is 77.5 Å². The largest absolute Gasteiger partial charge is 0.508 e. The minimum Gasteiger partial charge on any atom is -0.508 e. The van der Waals surface area contributed by atoms with E-state index >= 15 is 0 Å². The lowest BCUT2D eigenvalue weighted by Gasteiger charge is -2.23. The predicted molar refractivity (Wildman–Crippen MR) is 147 cm³/mol. The van der Waals surface area contributed by atoms with Crippen LogP contribution in [0.3, 0.4) is 0 Å². The van der Waals surface area contributed by atoms with Crippen molar-refractivity contribution < 1.29 is 28.7 Å². The standard InChI is InChI=1S/C18H22N2O4.C13H16O2/c1-12-16(11-23-18(22)20(2)14-5-3-4-6-14)17(24-19-12)13-7-9-15(21)10-8-13;14-13(12-8-4-5-9-12)15-10-11-6-2-1-3-7-11/h7-10,14,21H,3-6,11H2,1-2H3;1-3,6-7,12H,4-5,8-10H2. The van der Waals surface area contributed by atoms with Crippen LogP contribution in [0.25, 0.3) is 11.3 Å². The quantitative estimate of drug-likeness (QED) is 0.333. The SMILES string of the molecule is Cc1noc(-c2ccc(O)cc2)c1COC(=O)N(C)C1CCCC1.O=C(OCc1ccccc1)C1CCCC1. The molecule has 1 heterocycles. The van der Waals surface area contributed by atoms with Crippen LogP contribution < -0.4 is 0 Å².